The van der Waals surface area contributed by atoms with Crippen LogP contribution in [0.4, 0.5) is 10.1 Å². The maximum atomic E-state index is 13.4. The van der Waals surface area contributed by atoms with Crippen LogP contribution in [-0.2, 0) is 14.3 Å². The van der Waals surface area contributed by atoms with Gasteiger partial charge in [0.2, 0.25) is 11.8 Å². The highest BCUT2D eigenvalue weighted by molar-refractivity contribution is 6.01. The van der Waals surface area contributed by atoms with Gasteiger partial charge in [-0.2, -0.15) is 0 Å². The summed E-state index contributed by atoms with van der Waals surface area (Å²) in [6.07, 6.45) is 4.15. The summed E-state index contributed by atoms with van der Waals surface area (Å²) in [6, 6.07) is 4.35. The van der Waals surface area contributed by atoms with Gasteiger partial charge in [0.25, 0.3) is 0 Å². The predicted molar refractivity (Wildman–Crippen MR) is 86.0 cm³/mol. The zero-order valence-corrected chi connectivity index (χ0v) is 13.4. The summed E-state index contributed by atoms with van der Waals surface area (Å²) in [6.45, 7) is 1.69. The second-order valence-corrected chi connectivity index (χ2v) is 7.31. The molecule has 1 atom stereocenters. The topological polar surface area (TPSA) is 67.4 Å². The van der Waals surface area contributed by atoms with Crippen molar-refractivity contribution in [2.24, 2.45) is 5.41 Å². The van der Waals surface area contributed by atoms with Gasteiger partial charge in [-0.15, -0.1) is 0 Å². The fourth-order valence-electron chi connectivity index (χ4n) is 4.03. The van der Waals surface area contributed by atoms with Crippen LogP contribution in [0.5, 0.6) is 0 Å². The summed E-state index contributed by atoms with van der Waals surface area (Å²) >= 11 is 0. The molecule has 6 heteroatoms. The Kier molecular flexibility index (Phi) is 3.79. The summed E-state index contributed by atoms with van der Waals surface area (Å²) in [5.74, 6) is -1.35. The first-order chi connectivity index (χ1) is 11.5. The molecule has 2 N–H and O–H groups in total. The Morgan fingerprint density at radius 2 is 2.04 bits per heavy atom. The molecular weight excluding hydrogens is 311 g/mol. The van der Waals surface area contributed by atoms with E-state index in [1.54, 1.807) is 6.07 Å². The molecule has 2 amide bonds. The van der Waals surface area contributed by atoms with Crippen molar-refractivity contribution in [2.75, 3.05) is 18.5 Å². The maximum absolute atomic E-state index is 13.4. The van der Waals surface area contributed by atoms with E-state index >= 15 is 0 Å². The van der Waals surface area contributed by atoms with Gasteiger partial charge in [-0.1, -0.05) is 6.07 Å². The Bertz CT molecular complexity index is 677. The van der Waals surface area contributed by atoms with Gasteiger partial charge in [-0.05, 0) is 43.4 Å². The van der Waals surface area contributed by atoms with Gasteiger partial charge in [0, 0.05) is 23.6 Å². The molecule has 2 fully saturated rings. The number of hydrogen-bond donors (Lipinski definition) is 2. The zero-order valence-electron chi connectivity index (χ0n) is 13.4. The molecule has 24 heavy (non-hydrogen) atoms. The molecule has 2 aliphatic heterocycles. The number of ether oxygens (including phenoxy) is 1. The number of halogens is 1. The van der Waals surface area contributed by atoms with E-state index in [-0.39, 0.29) is 24.3 Å². The van der Waals surface area contributed by atoms with Gasteiger partial charge in [-0.3, -0.25) is 9.59 Å². The van der Waals surface area contributed by atoms with Crippen molar-refractivity contribution in [3.63, 3.8) is 0 Å². The van der Waals surface area contributed by atoms with Gasteiger partial charge in [0.1, 0.15) is 5.82 Å². The predicted octanol–water partition coefficient (Wildman–Crippen LogP) is 2.33. The lowest BCUT2D eigenvalue weighted by molar-refractivity contribution is -0.137. The Labute approximate surface area is 139 Å². The summed E-state index contributed by atoms with van der Waals surface area (Å²) in [4.78, 5) is 24.5. The minimum absolute atomic E-state index is 0.106. The lowest BCUT2D eigenvalue weighted by Crippen LogP contribution is -2.49. The summed E-state index contributed by atoms with van der Waals surface area (Å²) < 4.78 is 18.7. The number of fused-ring (bicyclic) bond motifs is 1. The molecule has 1 aromatic rings. The first-order valence-corrected chi connectivity index (χ1v) is 8.52. The smallest absolute Gasteiger partial charge is 0.228 e. The van der Waals surface area contributed by atoms with Crippen LogP contribution in [0.2, 0.25) is 0 Å². The van der Waals surface area contributed by atoms with Crippen molar-refractivity contribution in [3.05, 3.63) is 29.6 Å². The molecule has 2 heterocycles. The first kappa shape index (κ1) is 15.6. The molecule has 1 saturated carbocycles. The van der Waals surface area contributed by atoms with Crippen molar-refractivity contribution in [3.8, 4) is 0 Å². The molecule has 0 radical (unpaired) electrons. The number of hydrogen-bond acceptors (Lipinski definition) is 3. The monoisotopic (exact) mass is 332 g/mol. The third-order valence-electron chi connectivity index (χ3n) is 5.58. The van der Waals surface area contributed by atoms with E-state index in [0.29, 0.717) is 16.7 Å². The number of amides is 2. The third-order valence-corrected chi connectivity index (χ3v) is 5.58. The van der Waals surface area contributed by atoms with Gasteiger partial charge in [0.15, 0.2) is 0 Å². The summed E-state index contributed by atoms with van der Waals surface area (Å²) in [5, 5.41) is 5.74. The highest BCUT2D eigenvalue weighted by Crippen LogP contribution is 2.42. The minimum Gasteiger partial charge on any atom is -0.380 e. The average molecular weight is 332 g/mol. The largest absolute Gasteiger partial charge is 0.380 e. The van der Waals surface area contributed by atoms with Crippen molar-refractivity contribution in [2.45, 2.75) is 44.1 Å². The van der Waals surface area contributed by atoms with E-state index < -0.39 is 11.7 Å². The Morgan fingerprint density at radius 3 is 2.71 bits per heavy atom. The second kappa shape index (κ2) is 5.84. The fraction of sp³-hybridized carbons (Fsp3) is 0.556. The Balaban J connectivity index is 1.44. The van der Waals surface area contributed by atoms with Crippen LogP contribution >= 0.6 is 0 Å². The molecule has 0 aromatic heterocycles. The molecule has 1 aromatic carbocycles. The molecule has 5 nitrogen and oxygen atoms in total. The highest BCUT2D eigenvalue weighted by Gasteiger charge is 2.42. The molecule has 1 unspecified atom stereocenters. The molecule has 4 rings (SSSR count). The Morgan fingerprint density at radius 1 is 1.29 bits per heavy atom. The quantitative estimate of drug-likeness (QED) is 0.873. The second-order valence-electron chi connectivity index (χ2n) is 7.31. The van der Waals surface area contributed by atoms with Crippen LogP contribution in [-0.4, -0.2) is 31.1 Å². The standard InChI is InChI=1S/C18H21FN2O3/c19-11-1-2-13-14(8-16(22)21-15(13)7-11)17(23)20-12-3-5-18(6-4-12)9-24-10-18/h1-2,7,12,14H,3-6,8-10H2,(H,20,23)(H,21,22). The van der Waals surface area contributed by atoms with E-state index in [1.165, 1.54) is 12.1 Å². The molecule has 128 valence electrons. The molecule has 1 spiro atoms. The SMILES string of the molecule is O=C1CC(C(=O)NC2CCC3(CC2)COC3)c2ccc(F)cc2N1. The molecule has 3 aliphatic rings. The van der Waals surface area contributed by atoms with Gasteiger partial charge in [-0.25, -0.2) is 4.39 Å². The first-order valence-electron chi connectivity index (χ1n) is 8.52. The summed E-state index contributed by atoms with van der Waals surface area (Å²) in [7, 11) is 0. The van der Waals surface area contributed by atoms with E-state index in [0.717, 1.165) is 38.9 Å². The van der Waals surface area contributed by atoms with E-state index in [9.17, 15) is 14.0 Å². The molecule has 0 bridgehead atoms. The van der Waals surface area contributed by atoms with Crippen LogP contribution in [0, 0.1) is 11.2 Å². The number of nitrogens with one attached hydrogen (secondary N) is 2. The third kappa shape index (κ3) is 2.79. The van der Waals surface area contributed by atoms with Crippen LogP contribution in [0.3, 0.4) is 0 Å². The fourth-order valence-corrected chi connectivity index (χ4v) is 4.03. The highest BCUT2D eigenvalue weighted by atomic mass is 19.1. The number of anilines is 1. The van der Waals surface area contributed by atoms with Crippen molar-refractivity contribution in [1.82, 2.24) is 5.32 Å². The van der Waals surface area contributed by atoms with Crippen LogP contribution in [0.15, 0.2) is 18.2 Å². The molecule has 1 aliphatic carbocycles. The van der Waals surface area contributed by atoms with E-state index in [2.05, 4.69) is 10.6 Å². The van der Waals surface area contributed by atoms with Crippen molar-refractivity contribution in [1.29, 1.82) is 0 Å². The Hall–Kier alpha value is -1.95. The molecule has 1 saturated heterocycles. The number of carbonyl (C=O) groups excluding carboxylic acids is 2. The normalized spacial score (nSPS) is 25.5. The lowest BCUT2D eigenvalue weighted by atomic mass is 9.71. The summed E-state index contributed by atoms with van der Waals surface area (Å²) in [5.41, 5.74) is 1.43. The maximum Gasteiger partial charge on any atom is 0.228 e. The lowest BCUT2D eigenvalue weighted by Gasteiger charge is -2.46. The number of rotatable bonds is 2. The molecular formula is C18H21FN2O3. The average Bonchev–Trinajstić information content (AvgIpc) is 2.53. The van der Waals surface area contributed by atoms with E-state index in [1.807, 2.05) is 0 Å². The zero-order chi connectivity index (χ0) is 16.7. The van der Waals surface area contributed by atoms with Crippen LogP contribution in [0.1, 0.15) is 43.6 Å². The van der Waals surface area contributed by atoms with Gasteiger partial charge in [0.05, 0.1) is 19.1 Å². The van der Waals surface area contributed by atoms with Crippen LogP contribution in [0.25, 0.3) is 0 Å². The van der Waals surface area contributed by atoms with Gasteiger partial charge < -0.3 is 15.4 Å². The van der Waals surface area contributed by atoms with Crippen molar-refractivity contribution < 1.29 is 18.7 Å². The van der Waals surface area contributed by atoms with Gasteiger partial charge >= 0.3 is 0 Å². The van der Waals surface area contributed by atoms with Crippen LogP contribution < -0.4 is 10.6 Å². The number of carbonyl (C=O) groups is 2. The van der Waals surface area contributed by atoms with Crippen molar-refractivity contribution >= 4 is 17.5 Å². The number of benzene rings is 1. The minimum atomic E-state index is -0.544. The van der Waals surface area contributed by atoms with E-state index in [4.69, 9.17) is 4.74 Å².